The smallest absolute Gasteiger partial charge is 0.0275 e. The van der Waals surface area contributed by atoms with E-state index in [0.717, 1.165) is 11.8 Å². The van der Waals surface area contributed by atoms with Crippen LogP contribution in [-0.4, -0.2) is 0 Å². The third kappa shape index (κ3) is 2.77. The third-order valence-electron chi connectivity index (χ3n) is 5.73. The van der Waals surface area contributed by atoms with Crippen LogP contribution >= 0.6 is 0 Å². The van der Waals surface area contributed by atoms with Gasteiger partial charge in [-0.05, 0) is 22.7 Å². The van der Waals surface area contributed by atoms with Crippen LogP contribution in [0.4, 0.5) is 0 Å². The largest absolute Gasteiger partial charge is 0.0649 e. The highest BCUT2D eigenvalue weighted by Gasteiger charge is 2.41. The summed E-state index contributed by atoms with van der Waals surface area (Å²) < 4.78 is 0. The van der Waals surface area contributed by atoms with E-state index in [1.807, 2.05) is 0 Å². The average Bonchev–Trinajstić information content (AvgIpc) is 2.25. The molecule has 0 nitrogen and oxygen atoms in total. The van der Waals surface area contributed by atoms with Crippen molar-refractivity contribution < 1.29 is 0 Å². The molecular weight excluding hydrogens is 180 g/mol. The Balaban J connectivity index is 5.01. The monoisotopic (exact) mass is 212 g/mol. The maximum Gasteiger partial charge on any atom is -0.0275 e. The first kappa shape index (κ1) is 15.0. The van der Waals surface area contributed by atoms with Gasteiger partial charge in [0.2, 0.25) is 0 Å². The number of hydrogen-bond acceptors (Lipinski definition) is 0. The van der Waals surface area contributed by atoms with E-state index >= 15 is 0 Å². The molecule has 0 saturated carbocycles. The molecule has 0 heteroatoms. The van der Waals surface area contributed by atoms with Crippen molar-refractivity contribution in [3.63, 3.8) is 0 Å². The third-order valence-corrected chi connectivity index (χ3v) is 5.73. The van der Waals surface area contributed by atoms with Crippen LogP contribution in [-0.2, 0) is 0 Å². The molecule has 0 aliphatic carbocycles. The predicted octanol–water partition coefficient (Wildman–Crippen LogP) is 5.52. The van der Waals surface area contributed by atoms with Crippen LogP contribution in [0.5, 0.6) is 0 Å². The first-order chi connectivity index (χ1) is 6.78. The van der Waals surface area contributed by atoms with Crippen molar-refractivity contribution in [1.82, 2.24) is 0 Å². The summed E-state index contributed by atoms with van der Waals surface area (Å²) in [5, 5.41) is 0. The fourth-order valence-electron chi connectivity index (χ4n) is 2.87. The van der Waals surface area contributed by atoms with E-state index in [2.05, 4.69) is 55.4 Å². The van der Waals surface area contributed by atoms with Crippen LogP contribution in [0, 0.1) is 22.7 Å². The minimum Gasteiger partial charge on any atom is -0.0649 e. The van der Waals surface area contributed by atoms with Crippen molar-refractivity contribution in [3.8, 4) is 0 Å². The molecule has 0 aromatic heterocycles. The molecule has 0 saturated heterocycles. The van der Waals surface area contributed by atoms with E-state index in [1.54, 1.807) is 0 Å². The van der Waals surface area contributed by atoms with Crippen molar-refractivity contribution in [2.24, 2.45) is 22.7 Å². The van der Waals surface area contributed by atoms with Gasteiger partial charge in [0.25, 0.3) is 0 Å². The second-order valence-electron chi connectivity index (χ2n) is 6.10. The highest BCUT2D eigenvalue weighted by molar-refractivity contribution is 4.91. The molecule has 0 aromatic carbocycles. The van der Waals surface area contributed by atoms with Crippen molar-refractivity contribution >= 4 is 0 Å². The minimum absolute atomic E-state index is 0.487. The summed E-state index contributed by atoms with van der Waals surface area (Å²) >= 11 is 0. The zero-order valence-electron chi connectivity index (χ0n) is 12.3. The van der Waals surface area contributed by atoms with Gasteiger partial charge in [0.05, 0.1) is 0 Å². The second kappa shape index (κ2) is 5.37. The highest BCUT2D eigenvalue weighted by Crippen LogP contribution is 2.50. The molecule has 0 amide bonds. The number of rotatable bonds is 6. The Morgan fingerprint density at radius 1 is 0.800 bits per heavy atom. The van der Waals surface area contributed by atoms with Gasteiger partial charge in [-0.3, -0.25) is 0 Å². The Bertz CT molecular complexity index is 176. The van der Waals surface area contributed by atoms with E-state index in [1.165, 1.54) is 19.3 Å². The summed E-state index contributed by atoms with van der Waals surface area (Å²) in [6, 6.07) is 0. The maximum atomic E-state index is 2.48. The van der Waals surface area contributed by atoms with Gasteiger partial charge in [0.1, 0.15) is 0 Å². The van der Waals surface area contributed by atoms with Crippen LogP contribution in [0.2, 0.25) is 0 Å². The van der Waals surface area contributed by atoms with E-state index in [9.17, 15) is 0 Å². The van der Waals surface area contributed by atoms with Gasteiger partial charge < -0.3 is 0 Å². The summed E-state index contributed by atoms with van der Waals surface area (Å²) in [6.07, 6.45) is 3.89. The first-order valence-corrected chi connectivity index (χ1v) is 6.78. The standard InChI is InChI=1S/C15H32/c1-9-14(7,10-2)13(6)15(8,11-3)12(4)5/h12-13H,9-11H2,1-8H3. The molecule has 0 N–H and O–H groups in total. The fourth-order valence-corrected chi connectivity index (χ4v) is 2.87. The summed E-state index contributed by atoms with van der Waals surface area (Å²) in [6.45, 7) is 19.2. The Hall–Kier alpha value is 0. The molecule has 15 heavy (non-hydrogen) atoms. The fraction of sp³-hybridized carbons (Fsp3) is 1.00. The van der Waals surface area contributed by atoms with Crippen molar-refractivity contribution in [2.75, 3.05) is 0 Å². The van der Waals surface area contributed by atoms with Crippen LogP contribution in [0.3, 0.4) is 0 Å². The lowest BCUT2D eigenvalue weighted by Crippen LogP contribution is -2.40. The molecular formula is C15H32. The average molecular weight is 212 g/mol. The lowest BCUT2D eigenvalue weighted by atomic mass is 9.57. The molecule has 0 bridgehead atoms. The lowest BCUT2D eigenvalue weighted by Gasteiger charge is -2.48. The van der Waals surface area contributed by atoms with Crippen molar-refractivity contribution in [1.29, 1.82) is 0 Å². The Labute approximate surface area is 97.8 Å². The molecule has 0 rings (SSSR count). The Morgan fingerprint density at radius 3 is 1.40 bits per heavy atom. The predicted molar refractivity (Wildman–Crippen MR) is 71.1 cm³/mol. The summed E-state index contributed by atoms with van der Waals surface area (Å²) in [7, 11) is 0. The summed E-state index contributed by atoms with van der Waals surface area (Å²) in [5.41, 5.74) is 0.996. The van der Waals surface area contributed by atoms with Gasteiger partial charge in [-0.15, -0.1) is 0 Å². The molecule has 0 heterocycles. The van der Waals surface area contributed by atoms with Gasteiger partial charge in [-0.2, -0.15) is 0 Å². The van der Waals surface area contributed by atoms with Gasteiger partial charge in [0, 0.05) is 0 Å². The number of hydrogen-bond donors (Lipinski definition) is 0. The zero-order valence-corrected chi connectivity index (χ0v) is 12.3. The second-order valence-corrected chi connectivity index (χ2v) is 6.10. The topological polar surface area (TPSA) is 0 Å². The van der Waals surface area contributed by atoms with Gasteiger partial charge in [0.15, 0.2) is 0 Å². The quantitative estimate of drug-likeness (QED) is 0.543. The minimum atomic E-state index is 0.487. The van der Waals surface area contributed by atoms with Gasteiger partial charge in [-0.1, -0.05) is 74.7 Å². The lowest BCUT2D eigenvalue weighted by molar-refractivity contribution is 0.0124. The van der Waals surface area contributed by atoms with Crippen LogP contribution < -0.4 is 0 Å². The molecule has 0 aliphatic rings. The first-order valence-electron chi connectivity index (χ1n) is 6.78. The molecule has 0 fully saturated rings. The van der Waals surface area contributed by atoms with Gasteiger partial charge in [-0.25, -0.2) is 0 Å². The molecule has 92 valence electrons. The SMILES string of the molecule is CCC(C)(CC)C(C)C(C)(CC)C(C)C. The summed E-state index contributed by atoms with van der Waals surface area (Å²) in [5.74, 6) is 1.57. The Morgan fingerprint density at radius 2 is 1.20 bits per heavy atom. The summed E-state index contributed by atoms with van der Waals surface area (Å²) in [4.78, 5) is 0. The molecule has 2 unspecified atom stereocenters. The van der Waals surface area contributed by atoms with Crippen molar-refractivity contribution in [2.45, 2.75) is 74.7 Å². The van der Waals surface area contributed by atoms with Crippen LogP contribution in [0.25, 0.3) is 0 Å². The van der Waals surface area contributed by atoms with E-state index in [4.69, 9.17) is 0 Å². The highest BCUT2D eigenvalue weighted by atomic mass is 14.5. The molecule has 0 aromatic rings. The van der Waals surface area contributed by atoms with Gasteiger partial charge >= 0.3 is 0 Å². The van der Waals surface area contributed by atoms with Crippen molar-refractivity contribution in [3.05, 3.63) is 0 Å². The van der Waals surface area contributed by atoms with E-state index in [-0.39, 0.29) is 0 Å². The zero-order chi connectivity index (χ0) is 12.3. The Kier molecular flexibility index (Phi) is 5.37. The molecule has 2 atom stereocenters. The molecule has 0 aliphatic heterocycles. The molecule has 0 spiro atoms. The van der Waals surface area contributed by atoms with E-state index < -0.39 is 0 Å². The van der Waals surface area contributed by atoms with Crippen LogP contribution in [0.15, 0.2) is 0 Å². The normalized spacial score (nSPS) is 19.0. The van der Waals surface area contributed by atoms with Crippen LogP contribution in [0.1, 0.15) is 74.7 Å². The van der Waals surface area contributed by atoms with E-state index in [0.29, 0.717) is 10.8 Å². The molecule has 0 radical (unpaired) electrons. The maximum absolute atomic E-state index is 2.48.